The van der Waals surface area contributed by atoms with E-state index in [4.69, 9.17) is 0 Å². The van der Waals surface area contributed by atoms with E-state index in [-0.39, 0.29) is 9.80 Å². The minimum atomic E-state index is -4.11. The van der Waals surface area contributed by atoms with Gasteiger partial charge in [-0.1, -0.05) is 65.7 Å². The summed E-state index contributed by atoms with van der Waals surface area (Å²) < 4.78 is 27.0. The highest BCUT2D eigenvalue weighted by Gasteiger charge is 2.47. The normalized spacial score (nSPS) is 16.9. The number of carbonyl (C=O) groups excluding carboxylic acids is 1. The van der Waals surface area contributed by atoms with Crippen LogP contribution in [-0.4, -0.2) is 19.4 Å². The second-order valence-electron chi connectivity index (χ2n) is 7.35. The van der Waals surface area contributed by atoms with Gasteiger partial charge < -0.3 is 5.11 Å². The van der Waals surface area contributed by atoms with Crippen LogP contribution in [0.4, 0.5) is 5.69 Å². The lowest BCUT2D eigenvalue weighted by Gasteiger charge is -2.27. The summed E-state index contributed by atoms with van der Waals surface area (Å²) in [6, 6.07) is 21.4. The van der Waals surface area contributed by atoms with Crippen LogP contribution >= 0.6 is 0 Å². The van der Waals surface area contributed by atoms with E-state index in [9.17, 15) is 18.3 Å². The third kappa shape index (κ3) is 3.29. The number of anilines is 1. The van der Waals surface area contributed by atoms with E-state index in [0.29, 0.717) is 11.3 Å². The molecule has 1 amide bonds. The number of aryl methyl sites for hydroxylation is 2. The van der Waals surface area contributed by atoms with Gasteiger partial charge in [-0.15, -0.1) is 0 Å². The molecule has 0 aliphatic carbocycles. The van der Waals surface area contributed by atoms with Crippen molar-refractivity contribution in [1.29, 1.82) is 0 Å². The molecule has 152 valence electrons. The minimum absolute atomic E-state index is 0.0298. The molecule has 0 unspecified atom stereocenters. The number of benzene rings is 3. The Morgan fingerprint density at radius 1 is 0.800 bits per heavy atom. The second kappa shape index (κ2) is 7.46. The standard InChI is InChI=1S/C24H21NO4S/c1-16-8-12-18(13-9-16)21-23(30(28,29)20-6-4-3-5-7-20)22(26)24(27)25(21)19-14-10-17(2)11-15-19/h3-15,21,26H,1-2H3/t21-/m1/s1. The fourth-order valence-corrected chi connectivity index (χ4v) is 5.25. The monoisotopic (exact) mass is 419 g/mol. The molecule has 0 saturated heterocycles. The molecular weight excluding hydrogens is 398 g/mol. The first-order valence-corrected chi connectivity index (χ1v) is 11.0. The van der Waals surface area contributed by atoms with Crippen molar-refractivity contribution in [2.24, 2.45) is 0 Å². The van der Waals surface area contributed by atoms with Crippen molar-refractivity contribution in [1.82, 2.24) is 0 Å². The lowest BCUT2D eigenvalue weighted by molar-refractivity contribution is -0.117. The molecule has 1 N–H and O–H groups in total. The molecule has 3 aromatic carbocycles. The summed E-state index contributed by atoms with van der Waals surface area (Å²) in [7, 11) is -4.11. The van der Waals surface area contributed by atoms with Gasteiger partial charge in [-0.25, -0.2) is 8.42 Å². The Labute approximate surface area is 175 Å². The Morgan fingerprint density at radius 3 is 1.90 bits per heavy atom. The molecule has 6 heteroatoms. The lowest BCUT2D eigenvalue weighted by Crippen LogP contribution is -2.31. The number of sulfone groups is 1. The predicted molar refractivity (Wildman–Crippen MR) is 116 cm³/mol. The van der Waals surface area contributed by atoms with Crippen molar-refractivity contribution in [2.75, 3.05) is 4.90 Å². The second-order valence-corrected chi connectivity index (χ2v) is 9.27. The highest BCUT2D eigenvalue weighted by atomic mass is 32.2. The Hall–Kier alpha value is -3.38. The largest absolute Gasteiger partial charge is 0.502 e. The molecule has 0 fully saturated rings. The van der Waals surface area contributed by atoms with Crippen molar-refractivity contribution in [3.8, 4) is 0 Å². The maximum atomic E-state index is 13.5. The fourth-order valence-electron chi connectivity index (χ4n) is 3.61. The molecule has 0 bridgehead atoms. The van der Waals surface area contributed by atoms with Gasteiger partial charge in [0.25, 0.3) is 5.91 Å². The first-order chi connectivity index (χ1) is 14.3. The Bertz CT molecular complexity index is 1230. The summed E-state index contributed by atoms with van der Waals surface area (Å²) in [5.74, 6) is -1.48. The number of hydrogen-bond acceptors (Lipinski definition) is 4. The third-order valence-electron chi connectivity index (χ3n) is 5.21. The zero-order valence-corrected chi connectivity index (χ0v) is 17.4. The SMILES string of the molecule is Cc1ccc([C@@H]2C(S(=O)(=O)c3ccccc3)=C(O)C(=O)N2c2ccc(C)cc2)cc1. The zero-order chi connectivity index (χ0) is 21.5. The van der Waals surface area contributed by atoms with Crippen LogP contribution in [0.1, 0.15) is 22.7 Å². The summed E-state index contributed by atoms with van der Waals surface area (Å²) in [6.07, 6.45) is 0. The quantitative estimate of drug-likeness (QED) is 0.669. The number of nitrogens with zero attached hydrogens (tertiary/aromatic N) is 1. The molecule has 4 rings (SSSR count). The van der Waals surface area contributed by atoms with Crippen LogP contribution in [0.5, 0.6) is 0 Å². The van der Waals surface area contributed by atoms with Crippen LogP contribution in [0.15, 0.2) is 94.4 Å². The third-order valence-corrected chi connectivity index (χ3v) is 7.10. The topological polar surface area (TPSA) is 74.7 Å². The van der Waals surface area contributed by atoms with Crippen LogP contribution in [0.3, 0.4) is 0 Å². The van der Waals surface area contributed by atoms with Crippen LogP contribution in [0.2, 0.25) is 0 Å². The summed E-state index contributed by atoms with van der Waals surface area (Å²) in [6.45, 7) is 3.85. The van der Waals surface area contributed by atoms with E-state index in [1.807, 2.05) is 38.1 Å². The molecule has 0 spiro atoms. The molecule has 1 atom stereocenters. The van der Waals surface area contributed by atoms with Crippen molar-refractivity contribution in [3.05, 3.63) is 106 Å². The lowest BCUT2D eigenvalue weighted by atomic mass is 10.0. The van der Waals surface area contributed by atoms with Gasteiger partial charge in [0.15, 0.2) is 5.76 Å². The Balaban J connectivity index is 1.94. The molecule has 30 heavy (non-hydrogen) atoms. The van der Waals surface area contributed by atoms with Crippen molar-refractivity contribution >= 4 is 21.4 Å². The van der Waals surface area contributed by atoms with Gasteiger partial charge in [0, 0.05) is 5.69 Å². The van der Waals surface area contributed by atoms with Gasteiger partial charge in [-0.3, -0.25) is 9.69 Å². The number of hydrogen-bond donors (Lipinski definition) is 1. The minimum Gasteiger partial charge on any atom is -0.502 e. The van der Waals surface area contributed by atoms with Crippen molar-refractivity contribution < 1.29 is 18.3 Å². The Kier molecular flexibility index (Phi) is 4.95. The summed E-state index contributed by atoms with van der Waals surface area (Å²) >= 11 is 0. The molecule has 0 saturated carbocycles. The molecule has 1 aliphatic rings. The predicted octanol–water partition coefficient (Wildman–Crippen LogP) is 4.63. The molecule has 0 radical (unpaired) electrons. The highest BCUT2D eigenvalue weighted by molar-refractivity contribution is 7.95. The number of aliphatic hydroxyl groups is 1. The first kappa shape index (κ1) is 19.9. The number of carbonyl (C=O) groups is 1. The van der Waals surface area contributed by atoms with Crippen LogP contribution in [0, 0.1) is 13.8 Å². The van der Waals surface area contributed by atoms with Gasteiger partial charge in [-0.2, -0.15) is 0 Å². The van der Waals surface area contributed by atoms with Gasteiger partial charge in [0.2, 0.25) is 9.84 Å². The summed E-state index contributed by atoms with van der Waals surface area (Å²) in [4.78, 5) is 14.2. The van der Waals surface area contributed by atoms with E-state index in [1.165, 1.54) is 17.0 Å². The van der Waals surface area contributed by atoms with Crippen LogP contribution in [-0.2, 0) is 14.6 Å². The first-order valence-electron chi connectivity index (χ1n) is 9.51. The maximum absolute atomic E-state index is 13.5. The molecular formula is C24H21NO4S. The molecule has 1 heterocycles. The van der Waals surface area contributed by atoms with Gasteiger partial charge in [0.05, 0.1) is 4.90 Å². The smallest absolute Gasteiger partial charge is 0.295 e. The summed E-state index contributed by atoms with van der Waals surface area (Å²) in [5.41, 5.74) is 3.13. The van der Waals surface area contributed by atoms with Crippen LogP contribution in [0.25, 0.3) is 0 Å². The fraction of sp³-hybridized carbons (Fsp3) is 0.125. The molecule has 1 aliphatic heterocycles. The van der Waals surface area contributed by atoms with Crippen molar-refractivity contribution in [2.45, 2.75) is 24.8 Å². The number of aliphatic hydroxyl groups excluding tert-OH is 1. The van der Waals surface area contributed by atoms with Gasteiger partial charge in [0.1, 0.15) is 10.9 Å². The van der Waals surface area contributed by atoms with Crippen molar-refractivity contribution in [3.63, 3.8) is 0 Å². The van der Waals surface area contributed by atoms with E-state index >= 15 is 0 Å². The zero-order valence-electron chi connectivity index (χ0n) is 16.6. The number of rotatable bonds is 4. The van der Waals surface area contributed by atoms with E-state index in [0.717, 1.165) is 11.1 Å². The maximum Gasteiger partial charge on any atom is 0.295 e. The average Bonchev–Trinajstić information content (AvgIpc) is 3.01. The Morgan fingerprint density at radius 2 is 1.33 bits per heavy atom. The number of amides is 1. The molecule has 5 nitrogen and oxygen atoms in total. The van der Waals surface area contributed by atoms with E-state index < -0.39 is 27.5 Å². The van der Waals surface area contributed by atoms with E-state index in [1.54, 1.807) is 42.5 Å². The average molecular weight is 420 g/mol. The molecule has 3 aromatic rings. The van der Waals surface area contributed by atoms with Crippen LogP contribution < -0.4 is 4.90 Å². The van der Waals surface area contributed by atoms with E-state index in [2.05, 4.69) is 0 Å². The summed E-state index contributed by atoms with van der Waals surface area (Å²) in [5, 5.41) is 10.7. The highest BCUT2D eigenvalue weighted by Crippen LogP contribution is 2.44. The van der Waals surface area contributed by atoms with Gasteiger partial charge >= 0.3 is 0 Å². The molecule has 0 aromatic heterocycles. The van der Waals surface area contributed by atoms with Gasteiger partial charge in [-0.05, 0) is 43.7 Å².